The molecule has 1 unspecified atom stereocenters. The van der Waals surface area contributed by atoms with Crippen molar-refractivity contribution in [3.05, 3.63) is 23.5 Å². The van der Waals surface area contributed by atoms with E-state index in [-0.39, 0.29) is 6.04 Å². The van der Waals surface area contributed by atoms with Gasteiger partial charge >= 0.3 is 0 Å². The average Bonchev–Trinajstić information content (AvgIpc) is 3.06. The van der Waals surface area contributed by atoms with Gasteiger partial charge in [-0.25, -0.2) is 0 Å². The van der Waals surface area contributed by atoms with Crippen molar-refractivity contribution in [2.75, 3.05) is 21.3 Å². The molecule has 0 spiro atoms. The number of H-pyrrole nitrogens is 1. The molecule has 0 aliphatic carbocycles. The van der Waals surface area contributed by atoms with E-state index in [1.807, 2.05) is 13.0 Å². The fraction of sp³-hybridized carbons (Fsp3) is 0.462. The summed E-state index contributed by atoms with van der Waals surface area (Å²) >= 11 is 0. The van der Waals surface area contributed by atoms with Gasteiger partial charge in [-0.3, -0.25) is 0 Å². The second-order valence-corrected chi connectivity index (χ2v) is 4.39. The van der Waals surface area contributed by atoms with Crippen molar-refractivity contribution in [2.24, 2.45) is 0 Å². The maximum absolute atomic E-state index is 5.39. The van der Waals surface area contributed by atoms with E-state index in [1.165, 1.54) is 0 Å². The van der Waals surface area contributed by atoms with Crippen molar-refractivity contribution in [3.8, 4) is 17.2 Å². The summed E-state index contributed by atoms with van der Waals surface area (Å²) in [5.41, 5.74) is 0.950. The highest BCUT2D eigenvalue weighted by molar-refractivity contribution is 5.50. The van der Waals surface area contributed by atoms with Crippen LogP contribution in [0.1, 0.15) is 24.4 Å². The minimum Gasteiger partial charge on any atom is -0.496 e. The van der Waals surface area contributed by atoms with Crippen molar-refractivity contribution in [1.82, 2.24) is 25.9 Å². The molecule has 8 nitrogen and oxygen atoms in total. The van der Waals surface area contributed by atoms with Gasteiger partial charge in [-0.05, 0) is 13.0 Å². The van der Waals surface area contributed by atoms with Crippen LogP contribution in [0.25, 0.3) is 0 Å². The van der Waals surface area contributed by atoms with Crippen LogP contribution >= 0.6 is 0 Å². The van der Waals surface area contributed by atoms with Crippen LogP contribution in [0, 0.1) is 0 Å². The lowest BCUT2D eigenvalue weighted by molar-refractivity contribution is 0.346. The third-order valence-corrected chi connectivity index (χ3v) is 3.13. The van der Waals surface area contributed by atoms with Gasteiger partial charge in [0, 0.05) is 18.2 Å². The number of methoxy groups -OCH3 is 3. The molecule has 114 valence electrons. The van der Waals surface area contributed by atoms with Gasteiger partial charge in [0.25, 0.3) is 0 Å². The number of nitrogens with zero attached hydrogens (tertiary/aromatic N) is 3. The van der Waals surface area contributed by atoms with Gasteiger partial charge in [0.15, 0.2) is 17.3 Å². The SMILES string of the molecule is COc1cc(OC)c(OC)cc1CNC(C)c1nn[nH]n1. The minimum atomic E-state index is -0.0402. The van der Waals surface area contributed by atoms with Crippen LogP contribution in [0.5, 0.6) is 17.2 Å². The Balaban J connectivity index is 2.15. The van der Waals surface area contributed by atoms with Gasteiger partial charge in [-0.15, -0.1) is 10.2 Å². The van der Waals surface area contributed by atoms with Crippen molar-refractivity contribution >= 4 is 0 Å². The zero-order valence-electron chi connectivity index (χ0n) is 12.5. The number of tetrazole rings is 1. The van der Waals surface area contributed by atoms with E-state index in [0.29, 0.717) is 23.9 Å². The molecule has 0 bridgehead atoms. The van der Waals surface area contributed by atoms with Crippen LogP contribution in [-0.4, -0.2) is 42.0 Å². The molecular formula is C13H19N5O3. The first-order valence-electron chi connectivity index (χ1n) is 6.45. The Morgan fingerprint density at radius 1 is 1.10 bits per heavy atom. The lowest BCUT2D eigenvalue weighted by Gasteiger charge is -2.16. The summed E-state index contributed by atoms with van der Waals surface area (Å²) in [6.07, 6.45) is 0. The fourth-order valence-electron chi connectivity index (χ4n) is 1.94. The minimum absolute atomic E-state index is 0.0402. The Kier molecular flexibility index (Phi) is 4.94. The second kappa shape index (κ2) is 6.89. The summed E-state index contributed by atoms with van der Waals surface area (Å²) < 4.78 is 16.0. The molecule has 1 atom stereocenters. The average molecular weight is 293 g/mol. The first-order valence-corrected chi connectivity index (χ1v) is 6.45. The Morgan fingerprint density at radius 3 is 2.33 bits per heavy atom. The van der Waals surface area contributed by atoms with Gasteiger partial charge in [0.1, 0.15) is 5.75 Å². The van der Waals surface area contributed by atoms with E-state index in [9.17, 15) is 0 Å². The Labute approximate surface area is 122 Å². The number of aromatic nitrogens is 4. The third-order valence-electron chi connectivity index (χ3n) is 3.13. The summed E-state index contributed by atoms with van der Waals surface area (Å²) in [6, 6.07) is 3.64. The van der Waals surface area contributed by atoms with Gasteiger partial charge in [0.05, 0.1) is 27.4 Å². The fourth-order valence-corrected chi connectivity index (χ4v) is 1.94. The zero-order valence-corrected chi connectivity index (χ0v) is 12.5. The second-order valence-electron chi connectivity index (χ2n) is 4.39. The molecule has 0 aliphatic heterocycles. The van der Waals surface area contributed by atoms with E-state index in [0.717, 1.165) is 11.3 Å². The van der Waals surface area contributed by atoms with E-state index in [4.69, 9.17) is 14.2 Å². The molecule has 0 saturated carbocycles. The molecule has 0 aliphatic rings. The molecular weight excluding hydrogens is 274 g/mol. The van der Waals surface area contributed by atoms with E-state index >= 15 is 0 Å². The number of hydrogen-bond acceptors (Lipinski definition) is 7. The maximum atomic E-state index is 5.39. The predicted octanol–water partition coefficient (Wildman–Crippen LogP) is 1.08. The molecule has 8 heteroatoms. The normalized spacial score (nSPS) is 12.0. The highest BCUT2D eigenvalue weighted by atomic mass is 16.5. The molecule has 2 N–H and O–H groups in total. The molecule has 1 aromatic carbocycles. The summed E-state index contributed by atoms with van der Waals surface area (Å²) in [4.78, 5) is 0. The third kappa shape index (κ3) is 3.40. The zero-order chi connectivity index (χ0) is 15.2. The summed E-state index contributed by atoms with van der Waals surface area (Å²) in [6.45, 7) is 2.53. The van der Waals surface area contributed by atoms with Crippen LogP contribution in [-0.2, 0) is 6.54 Å². The van der Waals surface area contributed by atoms with Crippen LogP contribution < -0.4 is 19.5 Å². The van der Waals surface area contributed by atoms with E-state index in [2.05, 4.69) is 25.9 Å². The van der Waals surface area contributed by atoms with Gasteiger partial charge in [-0.2, -0.15) is 5.21 Å². The first kappa shape index (κ1) is 15.0. The smallest absolute Gasteiger partial charge is 0.191 e. The summed E-state index contributed by atoms with van der Waals surface area (Å²) in [5, 5.41) is 17.2. The molecule has 21 heavy (non-hydrogen) atoms. The molecule has 2 rings (SSSR count). The van der Waals surface area contributed by atoms with E-state index in [1.54, 1.807) is 27.4 Å². The largest absolute Gasteiger partial charge is 0.496 e. The molecule has 2 aromatic rings. The van der Waals surface area contributed by atoms with Crippen LogP contribution in [0.3, 0.4) is 0 Å². The molecule has 0 amide bonds. The van der Waals surface area contributed by atoms with Crippen molar-refractivity contribution < 1.29 is 14.2 Å². The lowest BCUT2D eigenvalue weighted by Crippen LogP contribution is -2.19. The summed E-state index contributed by atoms with van der Waals surface area (Å²) in [5.74, 6) is 2.61. The van der Waals surface area contributed by atoms with Crippen LogP contribution in [0.4, 0.5) is 0 Å². The van der Waals surface area contributed by atoms with Gasteiger partial charge < -0.3 is 19.5 Å². The summed E-state index contributed by atoms with van der Waals surface area (Å²) in [7, 11) is 4.81. The molecule has 0 saturated heterocycles. The van der Waals surface area contributed by atoms with Crippen LogP contribution in [0.2, 0.25) is 0 Å². The van der Waals surface area contributed by atoms with Gasteiger partial charge in [-0.1, -0.05) is 5.21 Å². The Hall–Kier alpha value is -2.35. The van der Waals surface area contributed by atoms with Crippen molar-refractivity contribution in [1.29, 1.82) is 0 Å². The Morgan fingerprint density at radius 2 is 1.76 bits per heavy atom. The van der Waals surface area contributed by atoms with Crippen molar-refractivity contribution in [3.63, 3.8) is 0 Å². The maximum Gasteiger partial charge on any atom is 0.191 e. The van der Waals surface area contributed by atoms with Gasteiger partial charge in [0.2, 0.25) is 0 Å². The lowest BCUT2D eigenvalue weighted by atomic mass is 10.1. The van der Waals surface area contributed by atoms with Crippen LogP contribution in [0.15, 0.2) is 12.1 Å². The highest BCUT2D eigenvalue weighted by Gasteiger charge is 2.14. The highest BCUT2D eigenvalue weighted by Crippen LogP contribution is 2.34. The molecule has 0 fully saturated rings. The Bertz CT molecular complexity index is 573. The molecule has 1 aromatic heterocycles. The number of benzene rings is 1. The first-order chi connectivity index (χ1) is 10.2. The number of hydrogen-bond donors (Lipinski definition) is 2. The number of nitrogens with one attached hydrogen (secondary N) is 2. The molecule has 0 radical (unpaired) electrons. The standard InChI is InChI=1S/C13H19N5O3/c1-8(13-15-17-18-16-13)14-7-9-5-11(20-3)12(21-4)6-10(9)19-2/h5-6,8,14H,7H2,1-4H3,(H,15,16,17,18). The molecule has 1 heterocycles. The number of aromatic amines is 1. The topological polar surface area (TPSA) is 94.2 Å². The monoisotopic (exact) mass is 293 g/mol. The number of rotatable bonds is 7. The predicted molar refractivity (Wildman–Crippen MR) is 75.5 cm³/mol. The van der Waals surface area contributed by atoms with E-state index < -0.39 is 0 Å². The quantitative estimate of drug-likeness (QED) is 0.788. The number of ether oxygens (including phenoxy) is 3. The van der Waals surface area contributed by atoms with Crippen molar-refractivity contribution in [2.45, 2.75) is 19.5 Å².